The van der Waals surface area contributed by atoms with Gasteiger partial charge in [-0.1, -0.05) is 42.5 Å². The number of carbonyl (C=O) groups is 2. The average Bonchev–Trinajstić information content (AvgIpc) is 3.20. The number of carbonyl (C=O) groups excluding carboxylic acids is 2. The number of amides is 1. The molecular weight excluding hydrogens is 366 g/mol. The molecule has 1 aromatic heterocycles. The SMILES string of the molecule is COC(=O)c1ccc(C(=O)Nc2ccnn2Cc2cccc3ccccc23)cc1. The van der Waals surface area contributed by atoms with Crippen molar-refractivity contribution in [1.82, 2.24) is 9.78 Å². The molecule has 0 unspecified atom stereocenters. The van der Waals surface area contributed by atoms with Gasteiger partial charge in [-0.05, 0) is 40.6 Å². The quantitative estimate of drug-likeness (QED) is 0.525. The second kappa shape index (κ2) is 7.98. The average molecular weight is 385 g/mol. The first-order valence-electron chi connectivity index (χ1n) is 9.14. The Balaban J connectivity index is 1.53. The van der Waals surface area contributed by atoms with E-state index in [1.54, 1.807) is 41.2 Å². The molecule has 4 aromatic rings. The van der Waals surface area contributed by atoms with Crippen LogP contribution in [-0.4, -0.2) is 28.8 Å². The number of aromatic nitrogens is 2. The van der Waals surface area contributed by atoms with E-state index in [0.717, 1.165) is 16.3 Å². The Labute approximate surface area is 167 Å². The largest absolute Gasteiger partial charge is 0.465 e. The Morgan fingerprint density at radius 3 is 2.45 bits per heavy atom. The lowest BCUT2D eigenvalue weighted by Crippen LogP contribution is -2.16. The Hall–Kier alpha value is -3.93. The fourth-order valence-corrected chi connectivity index (χ4v) is 3.22. The smallest absolute Gasteiger partial charge is 0.337 e. The zero-order valence-corrected chi connectivity index (χ0v) is 15.8. The van der Waals surface area contributed by atoms with Gasteiger partial charge < -0.3 is 10.1 Å². The van der Waals surface area contributed by atoms with E-state index in [2.05, 4.69) is 39.4 Å². The van der Waals surface area contributed by atoms with Crippen LogP contribution in [-0.2, 0) is 11.3 Å². The van der Waals surface area contributed by atoms with Crippen molar-refractivity contribution in [2.24, 2.45) is 0 Å². The maximum Gasteiger partial charge on any atom is 0.337 e. The Bertz CT molecular complexity index is 1170. The van der Waals surface area contributed by atoms with Crippen molar-refractivity contribution in [3.05, 3.63) is 95.7 Å². The summed E-state index contributed by atoms with van der Waals surface area (Å²) in [6.45, 7) is 0.533. The highest BCUT2D eigenvalue weighted by molar-refractivity contribution is 6.04. The van der Waals surface area contributed by atoms with Gasteiger partial charge in [0.1, 0.15) is 5.82 Å². The molecule has 1 N–H and O–H groups in total. The molecule has 0 atom stereocenters. The van der Waals surface area contributed by atoms with E-state index in [1.807, 2.05) is 18.2 Å². The number of fused-ring (bicyclic) bond motifs is 1. The van der Waals surface area contributed by atoms with Crippen LogP contribution in [0.25, 0.3) is 10.8 Å². The summed E-state index contributed by atoms with van der Waals surface area (Å²) in [5.74, 6) is -0.119. The maximum atomic E-state index is 12.6. The van der Waals surface area contributed by atoms with Gasteiger partial charge in [0.15, 0.2) is 0 Å². The summed E-state index contributed by atoms with van der Waals surface area (Å²) in [5, 5.41) is 9.55. The molecule has 1 amide bonds. The van der Waals surface area contributed by atoms with Crippen molar-refractivity contribution in [2.75, 3.05) is 12.4 Å². The number of benzene rings is 3. The summed E-state index contributed by atoms with van der Waals surface area (Å²) < 4.78 is 6.43. The number of nitrogens with zero attached hydrogens (tertiary/aromatic N) is 2. The number of hydrogen-bond acceptors (Lipinski definition) is 4. The zero-order valence-electron chi connectivity index (χ0n) is 15.8. The molecule has 0 bridgehead atoms. The number of esters is 1. The minimum absolute atomic E-state index is 0.277. The molecule has 0 saturated heterocycles. The number of ether oxygens (including phenoxy) is 1. The van der Waals surface area contributed by atoms with E-state index in [9.17, 15) is 9.59 Å². The topological polar surface area (TPSA) is 73.2 Å². The van der Waals surface area contributed by atoms with E-state index in [0.29, 0.717) is 23.5 Å². The number of rotatable bonds is 5. The lowest BCUT2D eigenvalue weighted by molar-refractivity contribution is 0.0600. The summed E-state index contributed by atoms with van der Waals surface area (Å²) >= 11 is 0. The standard InChI is InChI=1S/C23H19N3O3/c1-29-23(28)18-11-9-17(10-12-18)22(27)25-21-13-14-24-26(21)15-19-7-4-6-16-5-2-3-8-20(16)19/h2-14H,15H2,1H3,(H,25,27). The van der Waals surface area contributed by atoms with Crippen molar-refractivity contribution in [1.29, 1.82) is 0 Å². The molecule has 144 valence electrons. The Morgan fingerprint density at radius 2 is 1.66 bits per heavy atom. The van der Waals surface area contributed by atoms with Crippen molar-refractivity contribution in [3.8, 4) is 0 Å². The van der Waals surface area contributed by atoms with Crippen molar-refractivity contribution in [2.45, 2.75) is 6.54 Å². The first-order chi connectivity index (χ1) is 14.2. The van der Waals surface area contributed by atoms with Gasteiger partial charge in [-0.25, -0.2) is 9.48 Å². The molecule has 29 heavy (non-hydrogen) atoms. The highest BCUT2D eigenvalue weighted by atomic mass is 16.5. The molecule has 0 saturated carbocycles. The summed E-state index contributed by atoms with van der Waals surface area (Å²) in [5.41, 5.74) is 1.95. The van der Waals surface area contributed by atoms with Crippen LogP contribution >= 0.6 is 0 Å². The van der Waals surface area contributed by atoms with E-state index in [-0.39, 0.29) is 5.91 Å². The van der Waals surface area contributed by atoms with Gasteiger partial charge in [0.2, 0.25) is 0 Å². The predicted molar refractivity (Wildman–Crippen MR) is 111 cm³/mol. The third kappa shape index (κ3) is 3.87. The van der Waals surface area contributed by atoms with E-state index >= 15 is 0 Å². The third-order valence-corrected chi connectivity index (χ3v) is 4.73. The van der Waals surface area contributed by atoms with Gasteiger partial charge in [0.05, 0.1) is 25.4 Å². The van der Waals surface area contributed by atoms with Gasteiger partial charge in [0.25, 0.3) is 5.91 Å². The predicted octanol–water partition coefficient (Wildman–Crippen LogP) is 4.12. The summed E-state index contributed by atoms with van der Waals surface area (Å²) in [6, 6.07) is 22.4. The van der Waals surface area contributed by atoms with Crippen LogP contribution in [0.2, 0.25) is 0 Å². The second-order valence-corrected chi connectivity index (χ2v) is 6.54. The zero-order chi connectivity index (χ0) is 20.2. The van der Waals surface area contributed by atoms with Gasteiger partial charge in [0, 0.05) is 11.6 Å². The maximum absolute atomic E-state index is 12.6. The second-order valence-electron chi connectivity index (χ2n) is 6.54. The lowest BCUT2D eigenvalue weighted by Gasteiger charge is -2.11. The van der Waals surface area contributed by atoms with Crippen molar-refractivity contribution in [3.63, 3.8) is 0 Å². The summed E-state index contributed by atoms with van der Waals surface area (Å²) in [6.07, 6.45) is 1.65. The molecule has 0 radical (unpaired) electrons. The minimum Gasteiger partial charge on any atom is -0.465 e. The fraction of sp³-hybridized carbons (Fsp3) is 0.0870. The molecule has 4 rings (SSSR count). The minimum atomic E-state index is -0.440. The van der Waals surface area contributed by atoms with E-state index < -0.39 is 5.97 Å². The van der Waals surface area contributed by atoms with E-state index in [4.69, 9.17) is 0 Å². The first-order valence-corrected chi connectivity index (χ1v) is 9.14. The van der Waals surface area contributed by atoms with Crippen LogP contribution in [0.5, 0.6) is 0 Å². The van der Waals surface area contributed by atoms with Crippen LogP contribution < -0.4 is 5.32 Å². The molecular formula is C23H19N3O3. The molecule has 0 fully saturated rings. The van der Waals surface area contributed by atoms with Crippen molar-refractivity contribution < 1.29 is 14.3 Å². The van der Waals surface area contributed by atoms with Gasteiger partial charge in [-0.3, -0.25) is 4.79 Å². The number of anilines is 1. The van der Waals surface area contributed by atoms with Gasteiger partial charge in [-0.2, -0.15) is 5.10 Å². The van der Waals surface area contributed by atoms with Crippen LogP contribution in [0.4, 0.5) is 5.82 Å². The van der Waals surface area contributed by atoms with Crippen LogP contribution in [0.3, 0.4) is 0 Å². The first kappa shape index (κ1) is 18.4. The van der Waals surface area contributed by atoms with Crippen LogP contribution in [0, 0.1) is 0 Å². The lowest BCUT2D eigenvalue weighted by atomic mass is 10.0. The molecule has 0 aliphatic heterocycles. The molecule has 1 heterocycles. The normalized spacial score (nSPS) is 10.7. The number of nitrogens with one attached hydrogen (secondary N) is 1. The molecule has 3 aromatic carbocycles. The van der Waals surface area contributed by atoms with Crippen LogP contribution in [0.1, 0.15) is 26.3 Å². The third-order valence-electron chi connectivity index (χ3n) is 4.73. The molecule has 6 nitrogen and oxygen atoms in total. The number of methoxy groups -OCH3 is 1. The monoisotopic (exact) mass is 385 g/mol. The fourth-order valence-electron chi connectivity index (χ4n) is 3.22. The van der Waals surface area contributed by atoms with E-state index in [1.165, 1.54) is 7.11 Å². The molecule has 6 heteroatoms. The molecule has 0 aliphatic rings. The molecule has 0 spiro atoms. The highest BCUT2D eigenvalue weighted by Crippen LogP contribution is 2.21. The van der Waals surface area contributed by atoms with Crippen molar-refractivity contribution >= 4 is 28.5 Å². The van der Waals surface area contributed by atoms with Gasteiger partial charge in [-0.15, -0.1) is 0 Å². The Kier molecular flexibility index (Phi) is 5.07. The highest BCUT2D eigenvalue weighted by Gasteiger charge is 2.12. The van der Waals surface area contributed by atoms with Gasteiger partial charge >= 0.3 is 5.97 Å². The molecule has 0 aliphatic carbocycles. The summed E-state index contributed by atoms with van der Waals surface area (Å²) in [7, 11) is 1.32. The summed E-state index contributed by atoms with van der Waals surface area (Å²) in [4.78, 5) is 24.1. The number of hydrogen-bond donors (Lipinski definition) is 1. The van der Waals surface area contributed by atoms with Crippen LogP contribution in [0.15, 0.2) is 79.0 Å². The Morgan fingerprint density at radius 1 is 0.931 bits per heavy atom.